The van der Waals surface area contributed by atoms with E-state index in [4.69, 9.17) is 16.3 Å². The first-order valence-electron chi connectivity index (χ1n) is 8.41. The Morgan fingerprint density at radius 3 is 2.32 bits per heavy atom. The van der Waals surface area contributed by atoms with E-state index in [1.54, 1.807) is 37.3 Å². The second kappa shape index (κ2) is 9.18. The average molecular weight is 425 g/mol. The zero-order valence-corrected chi connectivity index (χ0v) is 17.2. The van der Waals surface area contributed by atoms with E-state index in [9.17, 15) is 18.0 Å². The minimum Gasteiger partial charge on any atom is -0.452 e. The number of benzene rings is 2. The molecule has 2 aromatic rings. The van der Waals surface area contributed by atoms with Crippen molar-refractivity contribution in [3.05, 3.63) is 58.6 Å². The summed E-state index contributed by atoms with van der Waals surface area (Å²) in [4.78, 5) is 24.0. The lowest BCUT2D eigenvalue weighted by Crippen LogP contribution is -2.35. The first-order chi connectivity index (χ1) is 13.1. The Bertz CT molecular complexity index is 974. The van der Waals surface area contributed by atoms with Crippen LogP contribution in [-0.4, -0.2) is 32.9 Å². The van der Waals surface area contributed by atoms with Crippen molar-refractivity contribution in [1.82, 2.24) is 4.72 Å². The van der Waals surface area contributed by atoms with Crippen molar-refractivity contribution in [2.75, 3.05) is 11.9 Å². The number of amides is 1. The predicted molar refractivity (Wildman–Crippen MR) is 107 cm³/mol. The minimum absolute atomic E-state index is 0.0527. The first-order valence-corrected chi connectivity index (χ1v) is 10.3. The van der Waals surface area contributed by atoms with Gasteiger partial charge < -0.3 is 10.1 Å². The standard InChI is InChI=1S/C19H21ClN2O5S/c1-12-4-9-17(10-13(12)2)28(25,26)21-11-18(23)27-14(3)19(24)22-16-7-5-15(20)6-8-16/h4-10,14,21H,11H2,1-3H3,(H,22,24). The molecule has 7 nitrogen and oxygen atoms in total. The third-order valence-corrected chi connectivity index (χ3v) is 5.64. The summed E-state index contributed by atoms with van der Waals surface area (Å²) in [6, 6.07) is 11.1. The van der Waals surface area contributed by atoms with E-state index in [0.717, 1.165) is 11.1 Å². The van der Waals surface area contributed by atoms with Crippen molar-refractivity contribution in [3.63, 3.8) is 0 Å². The van der Waals surface area contributed by atoms with Crippen LogP contribution in [0.15, 0.2) is 47.4 Å². The fourth-order valence-corrected chi connectivity index (χ4v) is 3.37. The maximum atomic E-state index is 12.3. The Morgan fingerprint density at radius 1 is 1.07 bits per heavy atom. The molecule has 0 fully saturated rings. The third kappa shape index (κ3) is 6.05. The number of anilines is 1. The molecule has 1 atom stereocenters. The quantitative estimate of drug-likeness (QED) is 0.665. The largest absolute Gasteiger partial charge is 0.452 e. The summed E-state index contributed by atoms with van der Waals surface area (Å²) in [5.74, 6) is -1.42. The van der Waals surface area contributed by atoms with Gasteiger partial charge in [-0.05, 0) is 68.3 Å². The SMILES string of the molecule is Cc1ccc(S(=O)(=O)NCC(=O)OC(C)C(=O)Nc2ccc(Cl)cc2)cc1C. The predicted octanol–water partition coefficient (Wildman–Crippen LogP) is 2.81. The molecule has 0 spiro atoms. The molecule has 0 bridgehead atoms. The maximum absolute atomic E-state index is 12.3. The van der Waals surface area contributed by atoms with Crippen molar-refractivity contribution >= 4 is 39.2 Å². The molecular weight excluding hydrogens is 404 g/mol. The number of rotatable bonds is 7. The van der Waals surface area contributed by atoms with Crippen LogP contribution < -0.4 is 10.0 Å². The van der Waals surface area contributed by atoms with E-state index in [1.165, 1.54) is 19.1 Å². The smallest absolute Gasteiger partial charge is 0.321 e. The lowest BCUT2D eigenvalue weighted by atomic mass is 10.1. The van der Waals surface area contributed by atoms with Crippen LogP contribution in [0.1, 0.15) is 18.1 Å². The highest BCUT2D eigenvalue weighted by molar-refractivity contribution is 7.89. The van der Waals surface area contributed by atoms with Crippen molar-refractivity contribution in [2.24, 2.45) is 0 Å². The highest BCUT2D eigenvalue weighted by Crippen LogP contribution is 2.15. The number of sulfonamides is 1. The van der Waals surface area contributed by atoms with Gasteiger partial charge in [-0.15, -0.1) is 0 Å². The molecule has 0 radical (unpaired) electrons. The van der Waals surface area contributed by atoms with Gasteiger partial charge >= 0.3 is 5.97 Å². The van der Waals surface area contributed by atoms with Crippen molar-refractivity contribution in [3.8, 4) is 0 Å². The van der Waals surface area contributed by atoms with Gasteiger partial charge in [0.1, 0.15) is 6.54 Å². The summed E-state index contributed by atoms with van der Waals surface area (Å²) in [5.41, 5.74) is 2.27. The molecule has 0 saturated heterocycles. The van der Waals surface area contributed by atoms with Crippen LogP contribution >= 0.6 is 11.6 Å². The second-order valence-electron chi connectivity index (χ2n) is 6.20. The summed E-state index contributed by atoms with van der Waals surface area (Å²) < 4.78 is 31.7. The van der Waals surface area contributed by atoms with Gasteiger partial charge in [0.15, 0.2) is 6.10 Å². The van der Waals surface area contributed by atoms with Gasteiger partial charge in [0.05, 0.1) is 4.90 Å². The molecule has 9 heteroatoms. The van der Waals surface area contributed by atoms with Gasteiger partial charge in [-0.1, -0.05) is 17.7 Å². The molecular formula is C19H21ClN2O5S. The van der Waals surface area contributed by atoms with E-state index < -0.39 is 34.5 Å². The van der Waals surface area contributed by atoms with E-state index >= 15 is 0 Å². The summed E-state index contributed by atoms with van der Waals surface area (Å²) in [5, 5.41) is 3.09. The van der Waals surface area contributed by atoms with Crippen LogP contribution in [0.3, 0.4) is 0 Å². The number of esters is 1. The molecule has 0 aliphatic heterocycles. The Hall–Kier alpha value is -2.42. The van der Waals surface area contributed by atoms with Gasteiger partial charge in [-0.25, -0.2) is 8.42 Å². The lowest BCUT2D eigenvalue weighted by Gasteiger charge is -2.14. The minimum atomic E-state index is -3.87. The number of hydrogen-bond donors (Lipinski definition) is 2. The Morgan fingerprint density at radius 2 is 1.71 bits per heavy atom. The highest BCUT2D eigenvalue weighted by Gasteiger charge is 2.21. The molecule has 2 N–H and O–H groups in total. The zero-order chi connectivity index (χ0) is 20.9. The lowest BCUT2D eigenvalue weighted by molar-refractivity contribution is -0.151. The fraction of sp³-hybridized carbons (Fsp3) is 0.263. The molecule has 0 aliphatic carbocycles. The van der Waals surface area contributed by atoms with Crippen molar-refractivity contribution in [1.29, 1.82) is 0 Å². The summed E-state index contributed by atoms with van der Waals surface area (Å²) in [7, 11) is -3.87. The van der Waals surface area contributed by atoms with Crippen LogP contribution in [0.4, 0.5) is 5.69 Å². The first kappa shape index (κ1) is 21.9. The molecule has 2 rings (SSSR count). The summed E-state index contributed by atoms with van der Waals surface area (Å²) in [6.45, 7) is 4.46. The maximum Gasteiger partial charge on any atom is 0.321 e. The van der Waals surface area contributed by atoms with Crippen LogP contribution in [0.5, 0.6) is 0 Å². The van der Waals surface area contributed by atoms with E-state index in [1.807, 2.05) is 6.92 Å². The van der Waals surface area contributed by atoms with E-state index in [0.29, 0.717) is 10.7 Å². The molecule has 0 aliphatic rings. The van der Waals surface area contributed by atoms with Gasteiger partial charge in [0.2, 0.25) is 10.0 Å². The van der Waals surface area contributed by atoms with Crippen LogP contribution in [-0.2, 0) is 24.3 Å². The van der Waals surface area contributed by atoms with Gasteiger partial charge in [0.25, 0.3) is 5.91 Å². The Balaban J connectivity index is 1.89. The zero-order valence-electron chi connectivity index (χ0n) is 15.7. The van der Waals surface area contributed by atoms with Crippen molar-refractivity contribution < 1.29 is 22.7 Å². The fourth-order valence-electron chi connectivity index (χ4n) is 2.19. The number of ether oxygens (including phenoxy) is 1. The monoisotopic (exact) mass is 424 g/mol. The molecule has 0 aromatic heterocycles. The average Bonchev–Trinajstić information content (AvgIpc) is 2.64. The molecule has 150 valence electrons. The third-order valence-electron chi connectivity index (χ3n) is 3.98. The number of carbonyl (C=O) groups is 2. The molecule has 1 amide bonds. The van der Waals surface area contributed by atoms with Crippen molar-refractivity contribution in [2.45, 2.75) is 31.8 Å². The normalized spacial score (nSPS) is 12.3. The molecule has 2 aromatic carbocycles. The molecule has 0 heterocycles. The number of halogens is 1. The van der Waals surface area contributed by atoms with E-state index in [-0.39, 0.29) is 4.90 Å². The summed E-state index contributed by atoms with van der Waals surface area (Å²) >= 11 is 5.77. The Labute approximate surface area is 169 Å². The van der Waals surface area contributed by atoms with Crippen LogP contribution in [0, 0.1) is 13.8 Å². The number of hydrogen-bond acceptors (Lipinski definition) is 5. The van der Waals surface area contributed by atoms with Gasteiger partial charge in [-0.3, -0.25) is 9.59 Å². The van der Waals surface area contributed by atoms with Gasteiger partial charge in [0, 0.05) is 10.7 Å². The van der Waals surface area contributed by atoms with Crippen LogP contribution in [0.25, 0.3) is 0 Å². The second-order valence-corrected chi connectivity index (χ2v) is 8.40. The topological polar surface area (TPSA) is 102 Å². The number of carbonyl (C=O) groups excluding carboxylic acids is 2. The molecule has 0 saturated carbocycles. The highest BCUT2D eigenvalue weighted by atomic mass is 35.5. The molecule has 1 unspecified atom stereocenters. The summed E-state index contributed by atoms with van der Waals surface area (Å²) in [6.07, 6.45) is -1.10. The van der Waals surface area contributed by atoms with Crippen LogP contribution in [0.2, 0.25) is 5.02 Å². The van der Waals surface area contributed by atoms with E-state index in [2.05, 4.69) is 10.0 Å². The number of nitrogens with one attached hydrogen (secondary N) is 2. The number of aryl methyl sites for hydroxylation is 2. The molecule has 28 heavy (non-hydrogen) atoms. The van der Waals surface area contributed by atoms with Gasteiger partial charge in [-0.2, -0.15) is 4.72 Å². The Kier molecular flexibility index (Phi) is 7.17.